The van der Waals surface area contributed by atoms with E-state index in [0.29, 0.717) is 48.7 Å². The number of rotatable bonds is 8. The molecule has 0 aliphatic carbocycles. The lowest BCUT2D eigenvalue weighted by Gasteiger charge is -2.18. The Balaban J connectivity index is 0.00000338. The molecule has 2 rings (SSSR count). The smallest absolute Gasteiger partial charge is 0.228 e. The third kappa shape index (κ3) is 7.06. The first kappa shape index (κ1) is 22.0. The highest BCUT2D eigenvalue weighted by molar-refractivity contribution is 14.0. The fourth-order valence-corrected chi connectivity index (χ4v) is 2.17. The molecule has 0 amide bonds. The zero-order chi connectivity index (χ0) is 18.1. The molecular formula is C17H26IN5O3. The molecule has 1 unspecified atom stereocenters. The maximum Gasteiger partial charge on any atom is 0.228 e. The number of hydrogen-bond donors (Lipinski definition) is 2. The Morgan fingerprint density at radius 3 is 2.62 bits per heavy atom. The molecule has 1 aromatic heterocycles. The number of aryl methyl sites for hydroxylation is 1. The summed E-state index contributed by atoms with van der Waals surface area (Å²) in [5, 5.41) is 10.2. The summed E-state index contributed by atoms with van der Waals surface area (Å²) in [6, 6.07) is 7.58. The monoisotopic (exact) mass is 475 g/mol. The van der Waals surface area contributed by atoms with Gasteiger partial charge in [0.1, 0.15) is 6.10 Å². The van der Waals surface area contributed by atoms with Gasteiger partial charge in [0.25, 0.3) is 0 Å². The van der Waals surface area contributed by atoms with E-state index < -0.39 is 0 Å². The van der Waals surface area contributed by atoms with Gasteiger partial charge in [-0.3, -0.25) is 4.99 Å². The van der Waals surface area contributed by atoms with Gasteiger partial charge in [0.2, 0.25) is 5.89 Å². The quantitative estimate of drug-likeness (QED) is 0.344. The van der Waals surface area contributed by atoms with Crippen LogP contribution in [0.2, 0.25) is 0 Å². The number of hydrogen-bond acceptors (Lipinski definition) is 6. The fourth-order valence-electron chi connectivity index (χ4n) is 2.17. The zero-order valence-corrected chi connectivity index (χ0v) is 17.8. The number of nitrogens with zero attached hydrogens (tertiary/aromatic N) is 3. The molecule has 2 N–H and O–H groups in total. The number of ether oxygens (including phenoxy) is 2. The first-order chi connectivity index (χ1) is 12.1. The molecule has 26 heavy (non-hydrogen) atoms. The van der Waals surface area contributed by atoms with Gasteiger partial charge in [-0.25, -0.2) is 0 Å². The SMILES string of the molecule is CN=C(NCCc1nc(C)no1)NCC(C)Oc1ccccc1OC.I. The first-order valence-corrected chi connectivity index (χ1v) is 8.15. The first-order valence-electron chi connectivity index (χ1n) is 8.15. The van der Waals surface area contributed by atoms with Crippen LogP contribution in [0.25, 0.3) is 0 Å². The average molecular weight is 475 g/mol. The van der Waals surface area contributed by atoms with Crippen LogP contribution in [0.1, 0.15) is 18.6 Å². The normalized spacial score (nSPS) is 12.1. The van der Waals surface area contributed by atoms with Crippen LogP contribution >= 0.6 is 24.0 Å². The van der Waals surface area contributed by atoms with Crippen LogP contribution in [0.4, 0.5) is 0 Å². The standard InChI is InChI=1S/C17H25N5O3.HI/c1-12(24-15-8-6-5-7-14(15)23-4)11-20-17(18-3)19-10-9-16-21-13(2)22-25-16;/h5-8,12H,9-11H2,1-4H3,(H2,18,19,20);1H. The van der Waals surface area contributed by atoms with Crippen molar-refractivity contribution in [2.24, 2.45) is 4.99 Å². The van der Waals surface area contributed by atoms with Gasteiger partial charge in [0.05, 0.1) is 13.7 Å². The minimum absolute atomic E-state index is 0. The highest BCUT2D eigenvalue weighted by Gasteiger charge is 2.09. The van der Waals surface area contributed by atoms with Gasteiger partial charge >= 0.3 is 0 Å². The van der Waals surface area contributed by atoms with Crippen molar-refractivity contribution in [3.05, 3.63) is 36.0 Å². The summed E-state index contributed by atoms with van der Waals surface area (Å²) in [5.41, 5.74) is 0. The third-order valence-electron chi connectivity index (χ3n) is 3.38. The predicted octanol–water partition coefficient (Wildman–Crippen LogP) is 2.18. The fraction of sp³-hybridized carbons (Fsp3) is 0.471. The summed E-state index contributed by atoms with van der Waals surface area (Å²) in [7, 11) is 3.35. The Hall–Kier alpha value is -2.04. The number of benzene rings is 1. The zero-order valence-electron chi connectivity index (χ0n) is 15.5. The number of guanidine groups is 1. The molecule has 8 nitrogen and oxygen atoms in total. The van der Waals surface area contributed by atoms with E-state index in [1.165, 1.54) is 0 Å². The number of halogens is 1. The number of methoxy groups -OCH3 is 1. The molecule has 0 saturated carbocycles. The Kier molecular flexibility index (Phi) is 9.78. The highest BCUT2D eigenvalue weighted by atomic mass is 127. The lowest BCUT2D eigenvalue weighted by atomic mass is 10.3. The molecule has 1 atom stereocenters. The molecular weight excluding hydrogens is 449 g/mol. The maximum absolute atomic E-state index is 5.90. The second kappa shape index (κ2) is 11.6. The van der Waals surface area contributed by atoms with Crippen molar-refractivity contribution >= 4 is 29.9 Å². The Morgan fingerprint density at radius 2 is 2.00 bits per heavy atom. The van der Waals surface area contributed by atoms with Gasteiger partial charge in [-0.15, -0.1) is 24.0 Å². The van der Waals surface area contributed by atoms with E-state index in [9.17, 15) is 0 Å². The largest absolute Gasteiger partial charge is 0.493 e. The molecule has 144 valence electrons. The second-order valence-corrected chi connectivity index (χ2v) is 5.44. The van der Waals surface area contributed by atoms with Crippen molar-refractivity contribution < 1.29 is 14.0 Å². The number of para-hydroxylation sites is 2. The van der Waals surface area contributed by atoms with Crippen LogP contribution in [0.5, 0.6) is 11.5 Å². The van der Waals surface area contributed by atoms with Crippen LogP contribution in [0.3, 0.4) is 0 Å². The van der Waals surface area contributed by atoms with Gasteiger partial charge in [0, 0.05) is 20.0 Å². The van der Waals surface area contributed by atoms with Crippen molar-refractivity contribution in [1.82, 2.24) is 20.8 Å². The third-order valence-corrected chi connectivity index (χ3v) is 3.38. The van der Waals surface area contributed by atoms with E-state index in [4.69, 9.17) is 14.0 Å². The Bertz CT molecular complexity index is 693. The van der Waals surface area contributed by atoms with Crippen LogP contribution < -0.4 is 20.1 Å². The minimum Gasteiger partial charge on any atom is -0.493 e. The molecule has 0 aliphatic rings. The molecule has 9 heteroatoms. The lowest BCUT2D eigenvalue weighted by molar-refractivity contribution is 0.213. The van der Waals surface area contributed by atoms with E-state index in [0.717, 1.165) is 0 Å². The van der Waals surface area contributed by atoms with E-state index in [2.05, 4.69) is 25.8 Å². The van der Waals surface area contributed by atoms with E-state index in [-0.39, 0.29) is 30.1 Å². The van der Waals surface area contributed by atoms with Gasteiger partial charge in [-0.2, -0.15) is 4.98 Å². The van der Waals surface area contributed by atoms with Crippen LogP contribution in [-0.2, 0) is 6.42 Å². The molecule has 0 saturated heterocycles. The number of aliphatic imine (C=N–C) groups is 1. The molecule has 0 bridgehead atoms. The highest BCUT2D eigenvalue weighted by Crippen LogP contribution is 2.26. The lowest BCUT2D eigenvalue weighted by Crippen LogP contribution is -2.42. The van der Waals surface area contributed by atoms with Crippen molar-refractivity contribution in [2.75, 3.05) is 27.2 Å². The Labute approximate surface area is 170 Å². The van der Waals surface area contributed by atoms with Crippen LogP contribution in [0, 0.1) is 6.92 Å². The van der Waals surface area contributed by atoms with E-state index in [1.54, 1.807) is 21.1 Å². The predicted molar refractivity (Wildman–Crippen MR) is 111 cm³/mol. The summed E-state index contributed by atoms with van der Waals surface area (Å²) in [4.78, 5) is 8.35. The molecule has 1 aromatic carbocycles. The van der Waals surface area contributed by atoms with Gasteiger partial charge in [0.15, 0.2) is 23.3 Å². The van der Waals surface area contributed by atoms with E-state index >= 15 is 0 Å². The summed E-state index contributed by atoms with van der Waals surface area (Å²) < 4.78 is 16.3. The van der Waals surface area contributed by atoms with Crippen LogP contribution in [-0.4, -0.2) is 49.5 Å². The number of aromatic nitrogens is 2. The number of nitrogens with one attached hydrogen (secondary N) is 2. The van der Waals surface area contributed by atoms with Crippen molar-refractivity contribution in [1.29, 1.82) is 0 Å². The summed E-state index contributed by atoms with van der Waals surface area (Å²) in [6.07, 6.45) is 0.572. The molecule has 2 aromatic rings. The maximum atomic E-state index is 5.90. The summed E-state index contributed by atoms with van der Waals surface area (Å²) in [5.74, 6) is 3.36. The van der Waals surface area contributed by atoms with Crippen molar-refractivity contribution in [2.45, 2.75) is 26.4 Å². The van der Waals surface area contributed by atoms with E-state index in [1.807, 2.05) is 31.2 Å². The molecule has 0 radical (unpaired) electrons. The summed E-state index contributed by atoms with van der Waals surface area (Å²) >= 11 is 0. The van der Waals surface area contributed by atoms with Crippen LogP contribution in [0.15, 0.2) is 33.8 Å². The molecule has 0 aliphatic heterocycles. The molecule has 0 fully saturated rings. The molecule has 1 heterocycles. The molecule has 0 spiro atoms. The Morgan fingerprint density at radius 1 is 1.27 bits per heavy atom. The minimum atomic E-state index is -0.0616. The topological polar surface area (TPSA) is 93.8 Å². The second-order valence-electron chi connectivity index (χ2n) is 5.44. The van der Waals surface area contributed by atoms with Gasteiger partial charge < -0.3 is 24.6 Å². The average Bonchev–Trinajstić information content (AvgIpc) is 3.03. The van der Waals surface area contributed by atoms with Gasteiger partial charge in [-0.05, 0) is 26.0 Å². The van der Waals surface area contributed by atoms with Crippen molar-refractivity contribution in [3.63, 3.8) is 0 Å². The van der Waals surface area contributed by atoms with Gasteiger partial charge in [-0.1, -0.05) is 17.3 Å². The van der Waals surface area contributed by atoms with Crippen molar-refractivity contribution in [3.8, 4) is 11.5 Å². The summed E-state index contributed by atoms with van der Waals surface area (Å²) in [6.45, 7) is 5.01.